The average molecular weight is 271 g/mol. The van der Waals surface area contributed by atoms with Crippen LogP contribution in [-0.2, 0) is 6.54 Å². The number of hydrogen-bond donors (Lipinski definition) is 1. The van der Waals surface area contributed by atoms with E-state index in [2.05, 4.69) is 6.92 Å². The Bertz CT molecular complexity index is 625. The summed E-state index contributed by atoms with van der Waals surface area (Å²) in [5.74, 6) is -0.294. The lowest BCUT2D eigenvalue weighted by atomic mass is 10.1. The molecule has 104 valence electrons. The maximum absolute atomic E-state index is 13.7. The van der Waals surface area contributed by atoms with Crippen LogP contribution in [-0.4, -0.2) is 4.57 Å². The third-order valence-electron chi connectivity index (χ3n) is 3.33. The van der Waals surface area contributed by atoms with Gasteiger partial charge in [0, 0.05) is 30.5 Å². The first kappa shape index (κ1) is 14.3. The van der Waals surface area contributed by atoms with Gasteiger partial charge >= 0.3 is 0 Å². The quantitative estimate of drug-likeness (QED) is 0.906. The standard InChI is InChI=1S/C16H18FN3/c1-2-3-16(19)13-6-7-20(10-13)11-14-8-12(9-18)4-5-15(14)17/h4-8,10,16H,2-3,11,19H2,1H3. The summed E-state index contributed by atoms with van der Waals surface area (Å²) in [5, 5.41) is 8.86. The smallest absolute Gasteiger partial charge is 0.128 e. The number of aromatic nitrogens is 1. The van der Waals surface area contributed by atoms with Crippen molar-refractivity contribution in [2.75, 3.05) is 0 Å². The first-order valence-electron chi connectivity index (χ1n) is 6.73. The third-order valence-corrected chi connectivity index (χ3v) is 3.33. The van der Waals surface area contributed by atoms with Gasteiger partial charge in [-0.15, -0.1) is 0 Å². The molecule has 0 spiro atoms. The molecule has 0 amide bonds. The molecule has 3 nitrogen and oxygen atoms in total. The molecule has 1 unspecified atom stereocenters. The highest BCUT2D eigenvalue weighted by Gasteiger charge is 2.08. The Labute approximate surface area is 118 Å². The van der Waals surface area contributed by atoms with Crippen molar-refractivity contribution < 1.29 is 4.39 Å². The lowest BCUT2D eigenvalue weighted by molar-refractivity contribution is 0.598. The fourth-order valence-electron chi connectivity index (χ4n) is 2.22. The normalized spacial score (nSPS) is 12.1. The van der Waals surface area contributed by atoms with Crippen molar-refractivity contribution in [1.29, 1.82) is 5.26 Å². The first-order valence-corrected chi connectivity index (χ1v) is 6.73. The predicted octanol–water partition coefficient (Wildman–Crippen LogP) is 3.35. The van der Waals surface area contributed by atoms with Gasteiger partial charge in [0.1, 0.15) is 5.82 Å². The van der Waals surface area contributed by atoms with Crippen molar-refractivity contribution in [3.8, 4) is 6.07 Å². The van der Waals surface area contributed by atoms with Crippen LogP contribution in [0.25, 0.3) is 0 Å². The van der Waals surface area contributed by atoms with Gasteiger partial charge in [-0.1, -0.05) is 13.3 Å². The number of nitrogens with two attached hydrogens (primary N) is 1. The van der Waals surface area contributed by atoms with Crippen LogP contribution >= 0.6 is 0 Å². The zero-order valence-electron chi connectivity index (χ0n) is 11.5. The Kier molecular flexibility index (Phi) is 4.54. The minimum atomic E-state index is -0.294. The highest BCUT2D eigenvalue weighted by Crippen LogP contribution is 2.18. The van der Waals surface area contributed by atoms with Gasteiger partial charge in [-0.05, 0) is 36.2 Å². The first-order chi connectivity index (χ1) is 9.63. The molecule has 1 atom stereocenters. The van der Waals surface area contributed by atoms with E-state index in [1.165, 1.54) is 12.1 Å². The summed E-state index contributed by atoms with van der Waals surface area (Å²) < 4.78 is 15.6. The molecule has 2 aromatic rings. The van der Waals surface area contributed by atoms with Crippen molar-refractivity contribution in [3.63, 3.8) is 0 Å². The second kappa shape index (κ2) is 6.36. The molecular weight excluding hydrogens is 253 g/mol. The van der Waals surface area contributed by atoms with Gasteiger partial charge in [0.2, 0.25) is 0 Å². The molecule has 0 fully saturated rings. The zero-order chi connectivity index (χ0) is 14.5. The third kappa shape index (κ3) is 3.25. The number of rotatable bonds is 5. The van der Waals surface area contributed by atoms with Crippen LogP contribution in [0.5, 0.6) is 0 Å². The van der Waals surface area contributed by atoms with Crippen molar-refractivity contribution in [2.45, 2.75) is 32.4 Å². The maximum atomic E-state index is 13.7. The summed E-state index contributed by atoms with van der Waals surface area (Å²) in [4.78, 5) is 0. The summed E-state index contributed by atoms with van der Waals surface area (Å²) in [5.41, 5.74) is 8.09. The fourth-order valence-corrected chi connectivity index (χ4v) is 2.22. The van der Waals surface area contributed by atoms with Crippen LogP contribution in [0.3, 0.4) is 0 Å². The Morgan fingerprint density at radius 1 is 1.40 bits per heavy atom. The molecule has 1 aromatic carbocycles. The Hall–Kier alpha value is -2.12. The molecule has 20 heavy (non-hydrogen) atoms. The molecule has 4 heteroatoms. The van der Waals surface area contributed by atoms with Gasteiger partial charge in [-0.2, -0.15) is 5.26 Å². The fraction of sp³-hybridized carbons (Fsp3) is 0.312. The van der Waals surface area contributed by atoms with Crippen LogP contribution in [0.4, 0.5) is 4.39 Å². The summed E-state index contributed by atoms with van der Waals surface area (Å²) >= 11 is 0. The molecule has 1 aromatic heterocycles. The van der Waals surface area contributed by atoms with Gasteiger partial charge in [-0.25, -0.2) is 4.39 Å². The number of benzene rings is 1. The Morgan fingerprint density at radius 2 is 2.20 bits per heavy atom. The molecule has 2 N–H and O–H groups in total. The van der Waals surface area contributed by atoms with Crippen LogP contribution in [0.1, 0.15) is 42.5 Å². The molecule has 0 aliphatic heterocycles. The van der Waals surface area contributed by atoms with E-state index in [0.29, 0.717) is 17.7 Å². The summed E-state index contributed by atoms with van der Waals surface area (Å²) in [6.45, 7) is 2.50. The molecule has 0 saturated carbocycles. The van der Waals surface area contributed by atoms with Crippen molar-refractivity contribution >= 4 is 0 Å². The van der Waals surface area contributed by atoms with E-state index >= 15 is 0 Å². The largest absolute Gasteiger partial charge is 0.349 e. The van der Waals surface area contributed by atoms with E-state index in [1.807, 2.05) is 29.1 Å². The molecular formula is C16H18FN3. The van der Waals surface area contributed by atoms with E-state index in [1.54, 1.807) is 6.07 Å². The Balaban J connectivity index is 2.17. The number of nitrogens with zero attached hydrogens (tertiary/aromatic N) is 2. The van der Waals surface area contributed by atoms with Gasteiger partial charge in [0.05, 0.1) is 11.6 Å². The van der Waals surface area contributed by atoms with E-state index in [9.17, 15) is 4.39 Å². The second-order valence-corrected chi connectivity index (χ2v) is 4.93. The van der Waals surface area contributed by atoms with Crippen LogP contribution < -0.4 is 5.73 Å². The van der Waals surface area contributed by atoms with Gasteiger partial charge < -0.3 is 10.3 Å². The number of nitriles is 1. The van der Waals surface area contributed by atoms with Gasteiger partial charge in [0.15, 0.2) is 0 Å². The van der Waals surface area contributed by atoms with E-state index in [0.717, 1.165) is 18.4 Å². The maximum Gasteiger partial charge on any atom is 0.128 e. The summed E-state index contributed by atoms with van der Waals surface area (Å²) in [6.07, 6.45) is 5.80. The predicted molar refractivity (Wildman–Crippen MR) is 76.5 cm³/mol. The zero-order valence-corrected chi connectivity index (χ0v) is 11.5. The lowest BCUT2D eigenvalue weighted by Crippen LogP contribution is -2.09. The van der Waals surface area contributed by atoms with Gasteiger partial charge in [-0.3, -0.25) is 0 Å². The minimum Gasteiger partial charge on any atom is -0.349 e. The van der Waals surface area contributed by atoms with Crippen molar-refractivity contribution in [2.24, 2.45) is 5.73 Å². The minimum absolute atomic E-state index is 0.0246. The molecule has 0 aliphatic carbocycles. The number of halogens is 1. The van der Waals surface area contributed by atoms with Gasteiger partial charge in [0.25, 0.3) is 0 Å². The topological polar surface area (TPSA) is 54.7 Å². The van der Waals surface area contributed by atoms with Crippen molar-refractivity contribution in [3.05, 3.63) is 59.2 Å². The lowest BCUT2D eigenvalue weighted by Gasteiger charge is -2.08. The Morgan fingerprint density at radius 3 is 2.90 bits per heavy atom. The molecule has 0 radical (unpaired) electrons. The number of hydrogen-bond acceptors (Lipinski definition) is 2. The van der Waals surface area contributed by atoms with Crippen LogP contribution in [0.2, 0.25) is 0 Å². The van der Waals surface area contributed by atoms with Crippen molar-refractivity contribution in [1.82, 2.24) is 4.57 Å². The summed E-state index contributed by atoms with van der Waals surface area (Å²) in [6, 6.07) is 8.42. The van der Waals surface area contributed by atoms with E-state index in [-0.39, 0.29) is 11.9 Å². The second-order valence-electron chi connectivity index (χ2n) is 4.93. The van der Waals surface area contributed by atoms with Crippen LogP contribution in [0.15, 0.2) is 36.7 Å². The SMILES string of the molecule is CCCC(N)c1ccn(Cc2cc(C#N)ccc2F)c1. The van der Waals surface area contributed by atoms with E-state index < -0.39 is 0 Å². The molecule has 1 heterocycles. The highest BCUT2D eigenvalue weighted by molar-refractivity contribution is 5.34. The molecule has 0 aliphatic rings. The van der Waals surface area contributed by atoms with Crippen LogP contribution in [0, 0.1) is 17.1 Å². The monoisotopic (exact) mass is 271 g/mol. The molecule has 2 rings (SSSR count). The molecule has 0 bridgehead atoms. The average Bonchev–Trinajstić information content (AvgIpc) is 2.90. The highest BCUT2D eigenvalue weighted by atomic mass is 19.1. The summed E-state index contributed by atoms with van der Waals surface area (Å²) in [7, 11) is 0. The molecule has 0 saturated heterocycles. The van der Waals surface area contributed by atoms with E-state index in [4.69, 9.17) is 11.0 Å².